The molecule has 0 saturated carbocycles. The molecule has 1 rings (SSSR count). The Labute approximate surface area is 114 Å². The molecule has 19 heavy (non-hydrogen) atoms. The van der Waals surface area contributed by atoms with Crippen molar-refractivity contribution in [3.8, 4) is 0 Å². The van der Waals surface area contributed by atoms with Gasteiger partial charge >= 0.3 is 5.97 Å². The van der Waals surface area contributed by atoms with Crippen LogP contribution in [0.2, 0.25) is 0 Å². The molecule has 0 bridgehead atoms. The van der Waals surface area contributed by atoms with Gasteiger partial charge in [0.1, 0.15) is 0 Å². The normalized spacial score (nSPS) is 25.7. The van der Waals surface area contributed by atoms with E-state index in [0.29, 0.717) is 0 Å². The molecule has 0 aromatic carbocycles. The Bertz CT molecular complexity index is 402. The molecule has 2 N–H and O–H groups in total. The Balaban J connectivity index is 2.64. The van der Waals surface area contributed by atoms with Gasteiger partial charge in [-0.05, 0) is 26.7 Å². The largest absolute Gasteiger partial charge is 0.481 e. The molecule has 1 saturated heterocycles. The molecule has 8 heteroatoms. The minimum absolute atomic E-state index is 0.0404. The van der Waals surface area contributed by atoms with Crippen molar-refractivity contribution in [3.05, 3.63) is 0 Å². The third kappa shape index (κ3) is 4.72. The topological polar surface area (TPSA) is 90.0 Å². The van der Waals surface area contributed by atoms with Crippen LogP contribution in [-0.2, 0) is 15.0 Å². The third-order valence-electron chi connectivity index (χ3n) is 3.47. The van der Waals surface area contributed by atoms with Gasteiger partial charge in [0.05, 0.1) is 6.42 Å². The van der Waals surface area contributed by atoms with E-state index >= 15 is 0 Å². The zero-order valence-corrected chi connectivity index (χ0v) is 12.5. The molecule has 1 heterocycles. The molecule has 0 radical (unpaired) electrons. The Morgan fingerprint density at radius 1 is 1.37 bits per heavy atom. The van der Waals surface area contributed by atoms with E-state index in [9.17, 15) is 13.2 Å². The number of hydrazine groups is 1. The van der Waals surface area contributed by atoms with Crippen molar-refractivity contribution in [2.75, 3.05) is 13.6 Å². The highest BCUT2D eigenvalue weighted by molar-refractivity contribution is 7.87. The van der Waals surface area contributed by atoms with E-state index < -0.39 is 16.2 Å². The van der Waals surface area contributed by atoms with Crippen molar-refractivity contribution in [2.45, 2.75) is 51.6 Å². The lowest BCUT2D eigenvalue weighted by atomic mass is 10.0. The number of carboxylic acid groups (broad SMARTS) is 1. The van der Waals surface area contributed by atoms with E-state index in [-0.39, 0.29) is 25.0 Å². The highest BCUT2D eigenvalue weighted by Crippen LogP contribution is 2.21. The van der Waals surface area contributed by atoms with E-state index in [2.05, 4.69) is 4.83 Å². The van der Waals surface area contributed by atoms with Crippen LogP contribution in [0.3, 0.4) is 0 Å². The number of nitrogens with zero attached hydrogens (tertiary/aromatic N) is 2. The zero-order chi connectivity index (χ0) is 14.6. The predicted octanol–water partition coefficient (Wildman–Crippen LogP) is 0.405. The highest BCUT2D eigenvalue weighted by Gasteiger charge is 2.30. The molecule has 2 atom stereocenters. The molecule has 112 valence electrons. The molecule has 0 amide bonds. The van der Waals surface area contributed by atoms with Crippen LogP contribution in [0.25, 0.3) is 0 Å². The predicted molar refractivity (Wildman–Crippen MR) is 71.6 cm³/mol. The van der Waals surface area contributed by atoms with Crippen LogP contribution >= 0.6 is 0 Å². The van der Waals surface area contributed by atoms with Crippen LogP contribution < -0.4 is 4.83 Å². The second-order valence-corrected chi connectivity index (χ2v) is 6.85. The van der Waals surface area contributed by atoms with Gasteiger partial charge in [0, 0.05) is 25.7 Å². The first-order valence-corrected chi connectivity index (χ1v) is 7.92. The molecule has 7 nitrogen and oxygen atoms in total. The summed E-state index contributed by atoms with van der Waals surface area (Å²) in [6, 6.07) is 0.290. The van der Waals surface area contributed by atoms with Gasteiger partial charge in [-0.2, -0.15) is 12.7 Å². The molecule has 0 spiro atoms. The fourth-order valence-corrected chi connectivity index (χ4v) is 3.27. The van der Waals surface area contributed by atoms with E-state index in [1.807, 2.05) is 13.8 Å². The summed E-state index contributed by atoms with van der Waals surface area (Å²) >= 11 is 0. The first-order valence-electron chi connectivity index (χ1n) is 6.48. The molecular formula is C11H23N3O4S. The summed E-state index contributed by atoms with van der Waals surface area (Å²) < 4.78 is 25.2. The first-order chi connectivity index (χ1) is 8.74. The monoisotopic (exact) mass is 293 g/mol. The van der Waals surface area contributed by atoms with E-state index in [4.69, 9.17) is 5.11 Å². The average Bonchev–Trinajstić information content (AvgIpc) is 2.31. The minimum Gasteiger partial charge on any atom is -0.481 e. The van der Waals surface area contributed by atoms with Gasteiger partial charge in [-0.3, -0.25) is 4.79 Å². The minimum atomic E-state index is -3.68. The summed E-state index contributed by atoms with van der Waals surface area (Å²) in [5.41, 5.74) is 0. The van der Waals surface area contributed by atoms with Gasteiger partial charge in [-0.25, -0.2) is 5.01 Å². The average molecular weight is 293 g/mol. The number of rotatable bonds is 6. The van der Waals surface area contributed by atoms with Gasteiger partial charge in [0.2, 0.25) is 0 Å². The van der Waals surface area contributed by atoms with Gasteiger partial charge in [-0.15, -0.1) is 4.83 Å². The molecule has 2 unspecified atom stereocenters. The maximum Gasteiger partial charge on any atom is 0.304 e. The van der Waals surface area contributed by atoms with Gasteiger partial charge in [0.15, 0.2) is 0 Å². The SMILES string of the molecule is CC1CCCC(C)N1NS(=O)(=O)N(C)CCC(=O)O. The van der Waals surface area contributed by atoms with Crippen molar-refractivity contribution >= 4 is 16.2 Å². The summed E-state index contributed by atoms with van der Waals surface area (Å²) in [6.45, 7) is 3.92. The van der Waals surface area contributed by atoms with Crippen LogP contribution in [-0.4, -0.2) is 54.5 Å². The van der Waals surface area contributed by atoms with Crippen molar-refractivity contribution in [2.24, 2.45) is 0 Å². The molecule has 1 fully saturated rings. The maximum atomic E-state index is 12.1. The van der Waals surface area contributed by atoms with Crippen molar-refractivity contribution in [1.82, 2.24) is 14.1 Å². The Morgan fingerprint density at radius 3 is 2.37 bits per heavy atom. The summed E-state index contributed by atoms with van der Waals surface area (Å²) in [4.78, 5) is 13.0. The Hall–Kier alpha value is -0.700. The standard InChI is InChI=1S/C11H23N3O4S/c1-9-5-4-6-10(2)14(9)12-19(17,18)13(3)8-7-11(15)16/h9-10,12H,4-8H2,1-3H3,(H,15,16). The Kier molecular flexibility index (Phi) is 5.72. The summed E-state index contributed by atoms with van der Waals surface area (Å²) in [5, 5.41) is 10.3. The number of piperidine rings is 1. The van der Waals surface area contributed by atoms with Crippen LogP contribution in [0.4, 0.5) is 0 Å². The van der Waals surface area contributed by atoms with Crippen LogP contribution in [0, 0.1) is 0 Å². The lowest BCUT2D eigenvalue weighted by molar-refractivity contribution is -0.137. The molecule has 1 aliphatic rings. The quantitative estimate of drug-likeness (QED) is 0.740. The van der Waals surface area contributed by atoms with Crippen molar-refractivity contribution < 1.29 is 18.3 Å². The number of hydrogen-bond donors (Lipinski definition) is 2. The third-order valence-corrected chi connectivity index (χ3v) is 4.91. The Morgan fingerprint density at radius 2 is 1.89 bits per heavy atom. The van der Waals surface area contributed by atoms with Gasteiger partial charge in [0.25, 0.3) is 10.2 Å². The maximum absolute atomic E-state index is 12.1. The lowest BCUT2D eigenvalue weighted by Gasteiger charge is -2.39. The number of nitrogens with one attached hydrogen (secondary N) is 1. The summed E-state index contributed by atoms with van der Waals surface area (Å²) in [5.74, 6) is -1.01. The molecule has 0 aromatic rings. The smallest absolute Gasteiger partial charge is 0.304 e. The number of hydrogen-bond acceptors (Lipinski definition) is 4. The van der Waals surface area contributed by atoms with Gasteiger partial charge < -0.3 is 5.11 Å². The van der Waals surface area contributed by atoms with Crippen LogP contribution in [0.5, 0.6) is 0 Å². The highest BCUT2D eigenvalue weighted by atomic mass is 32.2. The summed E-state index contributed by atoms with van der Waals surface area (Å²) in [6.07, 6.45) is 2.79. The van der Waals surface area contributed by atoms with E-state index in [1.165, 1.54) is 7.05 Å². The second kappa shape index (κ2) is 6.65. The van der Waals surface area contributed by atoms with Crippen molar-refractivity contribution in [3.63, 3.8) is 0 Å². The van der Waals surface area contributed by atoms with Gasteiger partial charge in [-0.1, -0.05) is 6.42 Å². The summed E-state index contributed by atoms with van der Waals surface area (Å²) in [7, 11) is -2.30. The number of carboxylic acids is 1. The molecule has 1 aliphatic heterocycles. The molecular weight excluding hydrogens is 270 g/mol. The van der Waals surface area contributed by atoms with Crippen LogP contribution in [0.15, 0.2) is 0 Å². The fourth-order valence-electron chi connectivity index (χ4n) is 2.18. The van der Waals surface area contributed by atoms with E-state index in [1.54, 1.807) is 5.01 Å². The number of carbonyl (C=O) groups is 1. The van der Waals surface area contributed by atoms with Crippen LogP contribution in [0.1, 0.15) is 39.5 Å². The second-order valence-electron chi connectivity index (χ2n) is 5.10. The molecule has 0 aliphatic carbocycles. The van der Waals surface area contributed by atoms with E-state index in [0.717, 1.165) is 23.6 Å². The molecule has 0 aromatic heterocycles. The zero-order valence-electron chi connectivity index (χ0n) is 11.7. The fraction of sp³-hybridized carbons (Fsp3) is 0.909. The number of aliphatic carboxylic acids is 1. The lowest BCUT2D eigenvalue weighted by Crippen LogP contribution is -2.56. The van der Waals surface area contributed by atoms with Crippen molar-refractivity contribution in [1.29, 1.82) is 0 Å². The first kappa shape index (κ1) is 16.4.